The molecule has 0 radical (unpaired) electrons. The number of hydrogen-bond acceptors (Lipinski definition) is 1. The quantitative estimate of drug-likeness (QED) is 0.674. The Morgan fingerprint density at radius 1 is 0.909 bits per heavy atom. The topological polar surface area (TPSA) is 17.8 Å². The molecule has 4 rings (SSSR count). The van der Waals surface area contributed by atoms with Gasteiger partial charge in [0.15, 0.2) is 0 Å². The number of nitrogens with zero attached hydrogens (tertiary/aromatic N) is 2. The van der Waals surface area contributed by atoms with Crippen LogP contribution in [0.5, 0.6) is 0 Å². The standard InChI is InChI=1S/C19H19BN2/c20-19(15-7-3-1-4-8-15,16-9-5-2-6-10-16)18-21-13-14-22(18)17-11-12-17/h1-10,13-14,17H,11-12,20H2. The van der Waals surface area contributed by atoms with Crippen molar-refractivity contribution in [2.75, 3.05) is 0 Å². The van der Waals surface area contributed by atoms with Gasteiger partial charge < -0.3 is 4.57 Å². The molecule has 1 aliphatic carbocycles. The second-order valence-electron chi connectivity index (χ2n) is 6.25. The van der Waals surface area contributed by atoms with Crippen molar-refractivity contribution in [3.8, 4) is 0 Å². The van der Waals surface area contributed by atoms with Crippen LogP contribution in [0.4, 0.5) is 0 Å². The lowest BCUT2D eigenvalue weighted by atomic mass is 9.59. The molecule has 0 unspecified atom stereocenters. The maximum atomic E-state index is 4.77. The van der Waals surface area contributed by atoms with Gasteiger partial charge in [-0.15, -0.1) is 0 Å². The molecule has 1 fully saturated rings. The van der Waals surface area contributed by atoms with Crippen molar-refractivity contribution in [3.05, 3.63) is 90.0 Å². The van der Waals surface area contributed by atoms with Gasteiger partial charge in [-0.3, -0.25) is 0 Å². The van der Waals surface area contributed by atoms with Gasteiger partial charge in [-0.05, 0) is 24.0 Å². The van der Waals surface area contributed by atoms with E-state index in [-0.39, 0.29) is 5.31 Å². The molecular weight excluding hydrogens is 267 g/mol. The van der Waals surface area contributed by atoms with Crippen LogP contribution in [0.2, 0.25) is 0 Å². The summed E-state index contributed by atoms with van der Waals surface area (Å²) in [6.07, 6.45) is 6.61. The molecule has 0 N–H and O–H groups in total. The van der Waals surface area contributed by atoms with Gasteiger partial charge in [0, 0.05) is 23.7 Å². The highest BCUT2D eigenvalue weighted by Crippen LogP contribution is 2.41. The molecule has 1 aliphatic rings. The summed E-state index contributed by atoms with van der Waals surface area (Å²) in [5.41, 5.74) is 2.57. The average molecular weight is 286 g/mol. The molecule has 3 heteroatoms. The Labute approximate surface area is 132 Å². The molecule has 0 atom stereocenters. The Kier molecular flexibility index (Phi) is 3.14. The van der Waals surface area contributed by atoms with Gasteiger partial charge in [0.1, 0.15) is 13.7 Å². The lowest BCUT2D eigenvalue weighted by Crippen LogP contribution is -2.33. The van der Waals surface area contributed by atoms with E-state index >= 15 is 0 Å². The van der Waals surface area contributed by atoms with Crippen LogP contribution in [0.3, 0.4) is 0 Å². The third-order valence-electron chi connectivity index (χ3n) is 4.76. The van der Waals surface area contributed by atoms with Crippen LogP contribution in [0.1, 0.15) is 35.8 Å². The smallest absolute Gasteiger partial charge is 0.130 e. The highest BCUT2D eigenvalue weighted by atomic mass is 15.1. The average Bonchev–Trinajstić information content (AvgIpc) is 3.32. The summed E-state index contributed by atoms with van der Waals surface area (Å²) in [5, 5.41) is -0.228. The lowest BCUT2D eigenvalue weighted by molar-refractivity contribution is 0.641. The summed E-state index contributed by atoms with van der Waals surface area (Å²) in [4.78, 5) is 4.77. The van der Waals surface area contributed by atoms with E-state index < -0.39 is 0 Å². The Bertz CT molecular complexity index is 721. The minimum Gasteiger partial charge on any atom is -0.331 e. The summed E-state index contributed by atoms with van der Waals surface area (Å²) in [6.45, 7) is 0. The molecule has 1 aromatic heterocycles. The van der Waals surface area contributed by atoms with Gasteiger partial charge in [-0.25, -0.2) is 4.98 Å². The first kappa shape index (κ1) is 13.4. The summed E-state index contributed by atoms with van der Waals surface area (Å²) in [7, 11) is 2.29. The van der Waals surface area contributed by atoms with Crippen molar-refractivity contribution in [1.82, 2.24) is 9.55 Å². The first-order valence-electron chi connectivity index (χ1n) is 7.94. The van der Waals surface area contributed by atoms with Crippen LogP contribution < -0.4 is 0 Å². The van der Waals surface area contributed by atoms with E-state index in [2.05, 4.69) is 79.3 Å². The molecule has 0 saturated heterocycles. The van der Waals surface area contributed by atoms with Crippen molar-refractivity contribution in [3.63, 3.8) is 0 Å². The van der Waals surface area contributed by atoms with E-state index in [4.69, 9.17) is 4.98 Å². The fourth-order valence-corrected chi connectivity index (χ4v) is 3.32. The van der Waals surface area contributed by atoms with Gasteiger partial charge in [0.25, 0.3) is 0 Å². The van der Waals surface area contributed by atoms with E-state index in [1.807, 2.05) is 6.20 Å². The normalized spacial score (nSPS) is 14.9. The SMILES string of the molecule is BC(c1ccccc1)(c1ccccc1)c1nccn1C1CC1. The Balaban J connectivity index is 1.94. The zero-order chi connectivity index (χ0) is 15.0. The van der Waals surface area contributed by atoms with Gasteiger partial charge >= 0.3 is 0 Å². The largest absolute Gasteiger partial charge is 0.331 e. The Morgan fingerprint density at radius 2 is 1.45 bits per heavy atom. The third kappa shape index (κ3) is 2.09. The summed E-state index contributed by atoms with van der Waals surface area (Å²) in [6, 6.07) is 22.0. The molecule has 22 heavy (non-hydrogen) atoms. The van der Waals surface area contributed by atoms with Gasteiger partial charge in [0.05, 0.1) is 0 Å². The van der Waals surface area contributed by atoms with Crippen LogP contribution in [0.25, 0.3) is 0 Å². The van der Waals surface area contributed by atoms with Crippen LogP contribution in [0.15, 0.2) is 73.1 Å². The fraction of sp³-hybridized carbons (Fsp3) is 0.211. The summed E-state index contributed by atoms with van der Waals surface area (Å²) < 4.78 is 2.38. The molecule has 3 aromatic rings. The monoisotopic (exact) mass is 286 g/mol. The molecule has 2 nitrogen and oxygen atoms in total. The van der Waals surface area contributed by atoms with E-state index in [0.29, 0.717) is 6.04 Å². The molecule has 108 valence electrons. The van der Waals surface area contributed by atoms with Crippen molar-refractivity contribution < 1.29 is 0 Å². The number of imidazole rings is 1. The Morgan fingerprint density at radius 3 is 1.95 bits per heavy atom. The Hall–Kier alpha value is -2.29. The fourth-order valence-electron chi connectivity index (χ4n) is 3.32. The van der Waals surface area contributed by atoms with Crippen molar-refractivity contribution >= 4 is 7.85 Å². The summed E-state index contributed by atoms with van der Waals surface area (Å²) >= 11 is 0. The second kappa shape index (κ2) is 5.17. The summed E-state index contributed by atoms with van der Waals surface area (Å²) in [5.74, 6) is 1.15. The highest BCUT2D eigenvalue weighted by Gasteiger charge is 2.38. The lowest BCUT2D eigenvalue weighted by Gasteiger charge is -2.31. The number of benzene rings is 2. The maximum absolute atomic E-state index is 4.77. The number of hydrogen-bond donors (Lipinski definition) is 0. The molecule has 2 aromatic carbocycles. The minimum absolute atomic E-state index is 0.228. The minimum atomic E-state index is -0.228. The van der Waals surface area contributed by atoms with Crippen molar-refractivity contribution in [1.29, 1.82) is 0 Å². The predicted molar refractivity (Wildman–Crippen MR) is 91.8 cm³/mol. The highest BCUT2D eigenvalue weighted by molar-refractivity contribution is 6.20. The molecule has 0 spiro atoms. The van der Waals surface area contributed by atoms with Crippen LogP contribution >= 0.6 is 0 Å². The van der Waals surface area contributed by atoms with Crippen molar-refractivity contribution in [2.45, 2.75) is 24.2 Å². The first-order chi connectivity index (χ1) is 10.8. The zero-order valence-corrected chi connectivity index (χ0v) is 12.8. The van der Waals surface area contributed by atoms with E-state index in [9.17, 15) is 0 Å². The van der Waals surface area contributed by atoms with Crippen molar-refractivity contribution in [2.24, 2.45) is 0 Å². The van der Waals surface area contributed by atoms with Crippen LogP contribution in [0, 0.1) is 0 Å². The zero-order valence-electron chi connectivity index (χ0n) is 12.8. The molecular formula is C19H19BN2. The molecule has 0 amide bonds. The maximum Gasteiger partial charge on any atom is 0.130 e. The molecule has 1 heterocycles. The molecule has 0 bridgehead atoms. The van der Waals surface area contributed by atoms with E-state index in [0.717, 1.165) is 5.82 Å². The van der Waals surface area contributed by atoms with Gasteiger partial charge in [-0.2, -0.15) is 0 Å². The second-order valence-corrected chi connectivity index (χ2v) is 6.25. The number of rotatable bonds is 4. The van der Waals surface area contributed by atoms with Gasteiger partial charge in [0.2, 0.25) is 0 Å². The molecule has 1 saturated carbocycles. The molecule has 0 aliphatic heterocycles. The van der Waals surface area contributed by atoms with Crippen LogP contribution in [-0.4, -0.2) is 17.4 Å². The van der Waals surface area contributed by atoms with E-state index in [1.165, 1.54) is 24.0 Å². The third-order valence-corrected chi connectivity index (χ3v) is 4.76. The number of aromatic nitrogens is 2. The first-order valence-corrected chi connectivity index (χ1v) is 7.94. The van der Waals surface area contributed by atoms with E-state index in [1.54, 1.807) is 0 Å². The van der Waals surface area contributed by atoms with Crippen LogP contribution in [-0.2, 0) is 5.31 Å². The predicted octanol–water partition coefficient (Wildman–Crippen LogP) is 3.14. The van der Waals surface area contributed by atoms with Gasteiger partial charge in [-0.1, -0.05) is 60.7 Å².